The van der Waals surface area contributed by atoms with Gasteiger partial charge in [-0.2, -0.15) is 0 Å². The molecule has 0 saturated heterocycles. The summed E-state index contributed by atoms with van der Waals surface area (Å²) in [5, 5.41) is 10.4. The Morgan fingerprint density at radius 1 is 1.67 bits per heavy atom. The van der Waals surface area contributed by atoms with Crippen LogP contribution in [-0.2, 0) is 5.88 Å². The predicted octanol–water partition coefficient (Wildman–Crippen LogP) is 2.25. The molecular formula is C7H6ClF2N3O2. The summed E-state index contributed by atoms with van der Waals surface area (Å²) in [6.45, 7) is 0. The van der Waals surface area contributed by atoms with E-state index in [2.05, 4.69) is 4.98 Å². The zero-order valence-corrected chi connectivity index (χ0v) is 8.04. The molecule has 0 unspecified atom stereocenters. The minimum atomic E-state index is -3.03. The van der Waals surface area contributed by atoms with Crippen LogP contribution >= 0.6 is 11.6 Å². The second-order valence-electron chi connectivity index (χ2n) is 2.61. The summed E-state index contributed by atoms with van der Waals surface area (Å²) in [5.74, 6) is -0.177. The Hall–Kier alpha value is -1.50. The molecule has 0 aliphatic carbocycles. The van der Waals surface area contributed by atoms with Crippen molar-refractivity contribution in [2.45, 2.75) is 12.3 Å². The summed E-state index contributed by atoms with van der Waals surface area (Å²) in [7, 11) is 0. The molecule has 1 heterocycles. The van der Waals surface area contributed by atoms with Gasteiger partial charge >= 0.3 is 0 Å². The molecule has 0 fully saturated rings. The van der Waals surface area contributed by atoms with Crippen LogP contribution in [0.4, 0.5) is 20.2 Å². The molecule has 0 saturated carbocycles. The molecule has 0 spiro atoms. The van der Waals surface area contributed by atoms with Crippen LogP contribution in [0.1, 0.15) is 17.7 Å². The van der Waals surface area contributed by atoms with Gasteiger partial charge in [-0.25, -0.2) is 8.78 Å². The van der Waals surface area contributed by atoms with E-state index in [1.807, 2.05) is 0 Å². The minimum Gasteiger partial charge on any atom is -0.397 e. The summed E-state index contributed by atoms with van der Waals surface area (Å²) >= 11 is 5.38. The van der Waals surface area contributed by atoms with E-state index in [9.17, 15) is 18.9 Å². The lowest BCUT2D eigenvalue weighted by atomic mass is 10.1. The molecule has 15 heavy (non-hydrogen) atoms. The third-order valence-corrected chi connectivity index (χ3v) is 2.01. The van der Waals surface area contributed by atoms with Gasteiger partial charge in [-0.15, -0.1) is 11.6 Å². The van der Waals surface area contributed by atoms with Crippen molar-refractivity contribution in [3.8, 4) is 0 Å². The number of nitrogens with two attached hydrogens (primary N) is 1. The molecule has 0 bridgehead atoms. The fourth-order valence-electron chi connectivity index (χ4n) is 1.05. The Kier molecular flexibility index (Phi) is 3.35. The van der Waals surface area contributed by atoms with Crippen LogP contribution in [0.15, 0.2) is 6.20 Å². The van der Waals surface area contributed by atoms with E-state index in [1.165, 1.54) is 0 Å². The first-order valence-electron chi connectivity index (χ1n) is 3.74. The number of nitrogen functional groups attached to an aromatic ring is 1. The molecule has 0 aliphatic heterocycles. The van der Waals surface area contributed by atoms with Gasteiger partial charge in [0.15, 0.2) is 0 Å². The Morgan fingerprint density at radius 2 is 2.27 bits per heavy atom. The van der Waals surface area contributed by atoms with E-state index >= 15 is 0 Å². The summed E-state index contributed by atoms with van der Waals surface area (Å²) in [6, 6.07) is 0. The van der Waals surface area contributed by atoms with Crippen molar-refractivity contribution in [1.82, 2.24) is 4.98 Å². The Balaban J connectivity index is 3.44. The SMILES string of the molecule is Nc1c(CCl)ncc([N+](=O)[O-])c1C(F)F. The van der Waals surface area contributed by atoms with Gasteiger partial charge in [-0.05, 0) is 0 Å². The first-order valence-corrected chi connectivity index (χ1v) is 4.28. The molecule has 1 aromatic heterocycles. The number of rotatable bonds is 3. The number of alkyl halides is 3. The number of aromatic nitrogens is 1. The molecule has 1 rings (SSSR count). The second-order valence-corrected chi connectivity index (χ2v) is 2.88. The third-order valence-electron chi connectivity index (χ3n) is 1.76. The quantitative estimate of drug-likeness (QED) is 0.497. The normalized spacial score (nSPS) is 10.7. The van der Waals surface area contributed by atoms with E-state index in [0.717, 1.165) is 6.20 Å². The minimum absolute atomic E-state index is 0.0116. The van der Waals surface area contributed by atoms with E-state index in [1.54, 1.807) is 0 Å². The smallest absolute Gasteiger partial charge is 0.298 e. The maximum Gasteiger partial charge on any atom is 0.298 e. The maximum atomic E-state index is 12.5. The van der Waals surface area contributed by atoms with Crippen LogP contribution in [0.3, 0.4) is 0 Å². The average molecular weight is 238 g/mol. The maximum absolute atomic E-state index is 12.5. The fourth-order valence-corrected chi connectivity index (χ4v) is 1.27. The lowest BCUT2D eigenvalue weighted by Gasteiger charge is -2.07. The molecule has 0 atom stereocenters. The summed E-state index contributed by atoms with van der Waals surface area (Å²) in [6.07, 6.45) is -2.30. The Morgan fingerprint density at radius 3 is 2.67 bits per heavy atom. The highest BCUT2D eigenvalue weighted by Crippen LogP contribution is 2.34. The lowest BCUT2D eigenvalue weighted by Crippen LogP contribution is -2.06. The van der Waals surface area contributed by atoms with Gasteiger partial charge in [0.05, 0.1) is 22.2 Å². The standard InChI is InChI=1S/C7H6ClF2N3O2/c8-1-3-6(11)5(7(9)10)4(2-12-3)13(14)15/h2,7H,1,11H2. The van der Waals surface area contributed by atoms with Gasteiger partial charge in [0.2, 0.25) is 0 Å². The van der Waals surface area contributed by atoms with Crippen molar-refractivity contribution in [2.75, 3.05) is 5.73 Å². The van der Waals surface area contributed by atoms with Crippen LogP contribution in [0.2, 0.25) is 0 Å². The largest absolute Gasteiger partial charge is 0.397 e. The van der Waals surface area contributed by atoms with Crippen LogP contribution in [0.25, 0.3) is 0 Å². The third kappa shape index (κ3) is 2.12. The number of hydrogen-bond acceptors (Lipinski definition) is 4. The predicted molar refractivity (Wildman–Crippen MR) is 49.8 cm³/mol. The van der Waals surface area contributed by atoms with Gasteiger partial charge in [0.1, 0.15) is 11.8 Å². The molecule has 0 aromatic carbocycles. The molecular weight excluding hydrogens is 232 g/mol. The van der Waals surface area contributed by atoms with Gasteiger partial charge in [-0.3, -0.25) is 15.1 Å². The van der Waals surface area contributed by atoms with Crippen molar-refractivity contribution in [2.24, 2.45) is 0 Å². The van der Waals surface area contributed by atoms with E-state index < -0.39 is 28.3 Å². The van der Waals surface area contributed by atoms with Crippen LogP contribution < -0.4 is 5.73 Å². The van der Waals surface area contributed by atoms with E-state index in [-0.39, 0.29) is 11.6 Å². The average Bonchev–Trinajstić information content (AvgIpc) is 2.16. The highest BCUT2D eigenvalue weighted by Gasteiger charge is 2.26. The molecule has 82 valence electrons. The first-order chi connectivity index (χ1) is 6.99. The second kappa shape index (κ2) is 4.35. The molecule has 2 N–H and O–H groups in total. The zero-order valence-electron chi connectivity index (χ0n) is 7.28. The molecule has 0 aliphatic rings. The van der Waals surface area contributed by atoms with Gasteiger partial charge in [0, 0.05) is 0 Å². The molecule has 8 heteroatoms. The zero-order chi connectivity index (χ0) is 11.6. The molecule has 0 radical (unpaired) electrons. The summed E-state index contributed by atoms with van der Waals surface area (Å²) in [5.41, 5.74) is 3.27. The molecule has 5 nitrogen and oxygen atoms in total. The lowest BCUT2D eigenvalue weighted by molar-refractivity contribution is -0.386. The highest BCUT2D eigenvalue weighted by atomic mass is 35.5. The number of pyridine rings is 1. The van der Waals surface area contributed by atoms with Crippen molar-refractivity contribution in [3.63, 3.8) is 0 Å². The Labute approximate surface area is 88.0 Å². The Bertz CT molecular complexity index is 400. The number of anilines is 1. The van der Waals surface area contributed by atoms with Crippen LogP contribution in [0.5, 0.6) is 0 Å². The molecule has 0 amide bonds. The number of nitrogens with zero attached hydrogens (tertiary/aromatic N) is 2. The van der Waals surface area contributed by atoms with E-state index in [0.29, 0.717) is 0 Å². The number of halogens is 3. The molecule has 1 aromatic rings. The van der Waals surface area contributed by atoms with E-state index in [4.69, 9.17) is 17.3 Å². The number of nitro groups is 1. The fraction of sp³-hybridized carbons (Fsp3) is 0.286. The van der Waals surface area contributed by atoms with Gasteiger partial charge in [-0.1, -0.05) is 0 Å². The van der Waals surface area contributed by atoms with Gasteiger partial charge < -0.3 is 5.73 Å². The van der Waals surface area contributed by atoms with Crippen molar-refractivity contribution >= 4 is 23.0 Å². The van der Waals surface area contributed by atoms with Crippen LogP contribution in [-0.4, -0.2) is 9.91 Å². The van der Waals surface area contributed by atoms with Crippen LogP contribution in [0, 0.1) is 10.1 Å². The van der Waals surface area contributed by atoms with Crippen molar-refractivity contribution in [1.29, 1.82) is 0 Å². The first kappa shape index (κ1) is 11.6. The van der Waals surface area contributed by atoms with Crippen molar-refractivity contribution in [3.05, 3.63) is 27.6 Å². The van der Waals surface area contributed by atoms with Gasteiger partial charge in [0.25, 0.3) is 12.1 Å². The highest BCUT2D eigenvalue weighted by molar-refractivity contribution is 6.17. The van der Waals surface area contributed by atoms with Crippen molar-refractivity contribution < 1.29 is 13.7 Å². The topological polar surface area (TPSA) is 82.0 Å². The number of hydrogen-bond donors (Lipinski definition) is 1. The monoisotopic (exact) mass is 237 g/mol. The summed E-state index contributed by atoms with van der Waals surface area (Å²) in [4.78, 5) is 13.0. The summed E-state index contributed by atoms with van der Waals surface area (Å²) < 4.78 is 25.0.